The molecule has 140 valence electrons. The van der Waals surface area contributed by atoms with Gasteiger partial charge in [0.05, 0.1) is 16.2 Å². The lowest BCUT2D eigenvalue weighted by Crippen LogP contribution is -2.34. The summed E-state index contributed by atoms with van der Waals surface area (Å²) in [6, 6.07) is 4.12. The Balaban J connectivity index is 1.80. The van der Waals surface area contributed by atoms with Gasteiger partial charge < -0.3 is 15.6 Å². The Morgan fingerprint density at radius 2 is 2.04 bits per heavy atom. The molecule has 0 aliphatic heterocycles. The number of aromatic nitrogens is 1. The van der Waals surface area contributed by atoms with Crippen LogP contribution < -0.4 is 15.8 Å². The summed E-state index contributed by atoms with van der Waals surface area (Å²) >= 11 is 0. The van der Waals surface area contributed by atoms with Gasteiger partial charge in [0.1, 0.15) is 5.76 Å². The minimum absolute atomic E-state index is 0.0160. The van der Waals surface area contributed by atoms with Crippen LogP contribution in [-0.2, 0) is 16.6 Å². The number of hydrogen-bond donors (Lipinski definition) is 3. The zero-order valence-electron chi connectivity index (χ0n) is 14.9. The van der Waals surface area contributed by atoms with Crippen LogP contribution in [0.15, 0.2) is 27.6 Å². The smallest absolute Gasteiger partial charge is 0.253 e. The summed E-state index contributed by atoms with van der Waals surface area (Å²) in [6.45, 7) is 5.60. The Labute approximate surface area is 152 Å². The molecule has 1 aromatic heterocycles. The zero-order valence-corrected chi connectivity index (χ0v) is 15.7. The first-order valence-corrected chi connectivity index (χ1v) is 9.73. The summed E-state index contributed by atoms with van der Waals surface area (Å²) in [5.41, 5.74) is 7.27. The quantitative estimate of drug-likeness (QED) is 0.656. The van der Waals surface area contributed by atoms with Gasteiger partial charge in [-0.15, -0.1) is 0 Å². The molecule has 1 saturated carbocycles. The van der Waals surface area contributed by atoms with Crippen LogP contribution in [0.5, 0.6) is 0 Å². The second-order valence-electron chi connectivity index (χ2n) is 6.90. The minimum Gasteiger partial charge on any atom is -0.398 e. The summed E-state index contributed by atoms with van der Waals surface area (Å²) in [7, 11) is -3.71. The molecule has 1 fully saturated rings. The number of nitrogens with one attached hydrogen (secondary N) is 2. The van der Waals surface area contributed by atoms with Crippen LogP contribution in [0.1, 0.15) is 47.1 Å². The first-order chi connectivity index (χ1) is 12.1. The normalized spacial score (nSPS) is 15.7. The molecule has 0 bridgehead atoms. The SMILES string of the molecule is Cc1noc(C)c1CNC(=O)c1cc(S(=O)(=O)NC2(C)CC2)ccc1N. The number of hydrogen-bond acceptors (Lipinski definition) is 6. The van der Waals surface area contributed by atoms with Crippen molar-refractivity contribution in [3.63, 3.8) is 0 Å². The largest absolute Gasteiger partial charge is 0.398 e. The van der Waals surface area contributed by atoms with Crippen molar-refractivity contribution in [2.75, 3.05) is 5.73 Å². The number of aryl methyl sites for hydroxylation is 2. The summed E-state index contributed by atoms with van der Waals surface area (Å²) in [5, 5.41) is 6.56. The summed E-state index contributed by atoms with van der Waals surface area (Å²) < 4.78 is 32.7. The van der Waals surface area contributed by atoms with E-state index in [0.29, 0.717) is 11.5 Å². The molecule has 1 aliphatic rings. The molecule has 4 N–H and O–H groups in total. The highest BCUT2D eigenvalue weighted by Crippen LogP contribution is 2.36. The van der Waals surface area contributed by atoms with Gasteiger partial charge in [-0.3, -0.25) is 4.79 Å². The molecule has 26 heavy (non-hydrogen) atoms. The topological polar surface area (TPSA) is 127 Å². The van der Waals surface area contributed by atoms with E-state index in [9.17, 15) is 13.2 Å². The minimum atomic E-state index is -3.71. The molecular weight excluding hydrogens is 356 g/mol. The van der Waals surface area contributed by atoms with Crippen LogP contribution in [0.3, 0.4) is 0 Å². The number of carbonyl (C=O) groups is 1. The average Bonchev–Trinajstić information content (AvgIpc) is 3.19. The Hall–Kier alpha value is -2.39. The van der Waals surface area contributed by atoms with Gasteiger partial charge in [-0.25, -0.2) is 13.1 Å². The van der Waals surface area contributed by atoms with E-state index in [1.165, 1.54) is 18.2 Å². The third-order valence-electron chi connectivity index (χ3n) is 4.57. The molecule has 3 rings (SSSR count). The van der Waals surface area contributed by atoms with Gasteiger partial charge in [-0.05, 0) is 51.8 Å². The maximum absolute atomic E-state index is 12.5. The van der Waals surface area contributed by atoms with Crippen LogP contribution in [0, 0.1) is 13.8 Å². The molecule has 8 nitrogen and oxygen atoms in total. The molecule has 1 heterocycles. The Morgan fingerprint density at radius 3 is 2.62 bits per heavy atom. The fraction of sp³-hybridized carbons (Fsp3) is 0.412. The van der Waals surface area contributed by atoms with E-state index in [0.717, 1.165) is 18.4 Å². The van der Waals surface area contributed by atoms with Crippen LogP contribution >= 0.6 is 0 Å². The zero-order chi connectivity index (χ0) is 19.1. The third kappa shape index (κ3) is 3.73. The highest BCUT2D eigenvalue weighted by Gasteiger charge is 2.41. The number of nitrogens with zero attached hydrogens (tertiary/aromatic N) is 1. The highest BCUT2D eigenvalue weighted by molar-refractivity contribution is 7.89. The predicted molar refractivity (Wildman–Crippen MR) is 96.0 cm³/mol. The van der Waals surface area contributed by atoms with Crippen molar-refractivity contribution in [1.29, 1.82) is 0 Å². The average molecular weight is 378 g/mol. The standard InChI is InChI=1S/C17H22N4O4S/c1-10-14(11(2)25-20-10)9-19-16(22)13-8-12(4-5-15(13)18)26(23,24)21-17(3)6-7-17/h4-5,8,21H,6-7,9,18H2,1-3H3,(H,19,22). The molecule has 9 heteroatoms. The monoisotopic (exact) mass is 378 g/mol. The molecule has 0 unspecified atom stereocenters. The Morgan fingerprint density at radius 1 is 1.35 bits per heavy atom. The third-order valence-corrected chi connectivity index (χ3v) is 6.20. The molecule has 0 saturated heterocycles. The van der Waals surface area contributed by atoms with Gasteiger partial charge in [-0.2, -0.15) is 0 Å². The number of amides is 1. The molecule has 1 amide bonds. The molecule has 0 spiro atoms. The van der Waals surface area contributed by atoms with Gasteiger partial charge in [0.15, 0.2) is 0 Å². The van der Waals surface area contributed by atoms with E-state index in [4.69, 9.17) is 10.3 Å². The second-order valence-corrected chi connectivity index (χ2v) is 8.58. The molecule has 2 aromatic rings. The van der Waals surface area contributed by atoms with E-state index in [1.54, 1.807) is 13.8 Å². The maximum atomic E-state index is 12.5. The summed E-state index contributed by atoms with van der Waals surface area (Å²) in [4.78, 5) is 12.5. The number of benzene rings is 1. The van der Waals surface area contributed by atoms with E-state index in [1.807, 2.05) is 6.92 Å². The van der Waals surface area contributed by atoms with Crippen molar-refractivity contribution in [2.45, 2.75) is 50.6 Å². The van der Waals surface area contributed by atoms with E-state index in [2.05, 4.69) is 15.2 Å². The van der Waals surface area contributed by atoms with Crippen LogP contribution in [0.25, 0.3) is 0 Å². The van der Waals surface area contributed by atoms with Gasteiger partial charge in [0.2, 0.25) is 10.0 Å². The van der Waals surface area contributed by atoms with Crippen LogP contribution in [0.4, 0.5) is 5.69 Å². The van der Waals surface area contributed by atoms with Crippen molar-refractivity contribution in [2.24, 2.45) is 0 Å². The van der Waals surface area contributed by atoms with Crippen molar-refractivity contribution in [1.82, 2.24) is 15.2 Å². The van der Waals surface area contributed by atoms with Crippen LogP contribution in [0.2, 0.25) is 0 Å². The lowest BCUT2D eigenvalue weighted by Gasteiger charge is -2.14. The Bertz CT molecular complexity index is 942. The van der Waals surface area contributed by atoms with Crippen LogP contribution in [-0.4, -0.2) is 25.0 Å². The summed E-state index contributed by atoms with van der Waals surface area (Å²) in [5.74, 6) is 0.158. The first kappa shape index (κ1) is 18.4. The highest BCUT2D eigenvalue weighted by atomic mass is 32.2. The number of carbonyl (C=O) groups excluding carboxylic acids is 1. The van der Waals surface area contributed by atoms with Gasteiger partial charge in [-0.1, -0.05) is 5.16 Å². The lowest BCUT2D eigenvalue weighted by molar-refractivity contribution is 0.0951. The molecular formula is C17H22N4O4S. The maximum Gasteiger partial charge on any atom is 0.253 e. The van der Waals surface area contributed by atoms with Gasteiger partial charge in [0, 0.05) is 23.3 Å². The second kappa shape index (κ2) is 6.40. The molecule has 0 atom stereocenters. The lowest BCUT2D eigenvalue weighted by atomic mass is 10.1. The predicted octanol–water partition coefficient (Wildman–Crippen LogP) is 1.63. The fourth-order valence-corrected chi connectivity index (χ4v) is 4.08. The number of sulfonamides is 1. The Kier molecular flexibility index (Phi) is 4.53. The van der Waals surface area contributed by atoms with E-state index < -0.39 is 21.5 Å². The molecule has 0 radical (unpaired) electrons. The number of rotatable bonds is 6. The number of nitrogen functional groups attached to an aromatic ring is 1. The van der Waals surface area contributed by atoms with Crippen molar-refractivity contribution >= 4 is 21.6 Å². The van der Waals surface area contributed by atoms with Gasteiger partial charge >= 0.3 is 0 Å². The molecule has 1 aromatic carbocycles. The van der Waals surface area contributed by atoms with Crippen molar-refractivity contribution in [3.05, 3.63) is 40.8 Å². The van der Waals surface area contributed by atoms with E-state index in [-0.39, 0.29) is 22.7 Å². The van der Waals surface area contributed by atoms with Crippen molar-refractivity contribution in [3.8, 4) is 0 Å². The molecule has 1 aliphatic carbocycles. The fourth-order valence-electron chi connectivity index (χ4n) is 2.59. The first-order valence-electron chi connectivity index (χ1n) is 8.25. The summed E-state index contributed by atoms with van der Waals surface area (Å²) in [6.07, 6.45) is 1.60. The number of nitrogens with two attached hydrogens (primary N) is 1. The van der Waals surface area contributed by atoms with Gasteiger partial charge in [0.25, 0.3) is 5.91 Å². The van der Waals surface area contributed by atoms with E-state index >= 15 is 0 Å². The van der Waals surface area contributed by atoms with Crippen molar-refractivity contribution < 1.29 is 17.7 Å². The number of anilines is 1.